The van der Waals surface area contributed by atoms with Gasteiger partial charge in [0, 0.05) is 11.6 Å². The average Bonchev–Trinajstić information content (AvgIpc) is 3.34. The van der Waals surface area contributed by atoms with Gasteiger partial charge in [-0.25, -0.2) is 18.1 Å². The van der Waals surface area contributed by atoms with Gasteiger partial charge in [0.2, 0.25) is 16.1 Å². The number of hydrogen-bond acceptors (Lipinski definition) is 8. The van der Waals surface area contributed by atoms with Gasteiger partial charge in [0.25, 0.3) is 11.6 Å². The normalized spacial score (nSPS) is 14.6. The zero-order valence-corrected chi connectivity index (χ0v) is 29.9. The van der Waals surface area contributed by atoms with E-state index in [-0.39, 0.29) is 56.3 Å². The molecule has 2 amide bonds. The smallest absolute Gasteiger partial charge is 0.422 e. The minimum absolute atomic E-state index is 0.00786. The number of nitro groups is 1. The molecule has 1 fully saturated rings. The van der Waals surface area contributed by atoms with Crippen LogP contribution in [0.5, 0.6) is 5.75 Å². The van der Waals surface area contributed by atoms with Crippen LogP contribution < -0.4 is 14.4 Å². The number of cyclic esters (lactones) is 1. The Balaban J connectivity index is 1.49. The van der Waals surface area contributed by atoms with Crippen molar-refractivity contribution in [2.24, 2.45) is 0 Å². The zero-order valence-electron chi connectivity index (χ0n) is 27.6. The van der Waals surface area contributed by atoms with Crippen molar-refractivity contribution in [2.75, 3.05) is 15.4 Å². The molecule has 0 aromatic heterocycles. The summed E-state index contributed by atoms with van der Waals surface area (Å²) in [5.74, 6) is -0.924. The molecule has 264 valence electrons. The quantitative estimate of drug-likeness (QED) is 0.0728. The molecule has 1 unspecified atom stereocenters. The summed E-state index contributed by atoms with van der Waals surface area (Å²) in [6.07, 6.45) is 7.79. The lowest BCUT2D eigenvalue weighted by Crippen LogP contribution is -2.30. The molecule has 0 saturated carbocycles. The summed E-state index contributed by atoms with van der Waals surface area (Å²) in [5.41, 5.74) is 0.343. The van der Waals surface area contributed by atoms with Gasteiger partial charge in [0.05, 0.1) is 37.7 Å². The fourth-order valence-electron chi connectivity index (χ4n) is 5.67. The van der Waals surface area contributed by atoms with Crippen LogP contribution in [0.2, 0.25) is 10.0 Å². The predicted octanol–water partition coefficient (Wildman–Crippen LogP) is 9.68. The summed E-state index contributed by atoms with van der Waals surface area (Å²) in [5, 5.41) is 11.6. The summed E-state index contributed by atoms with van der Waals surface area (Å²) >= 11 is 12.8. The standard InChI is InChI=1S/C35H41Cl2N3O8S/c1-3-4-5-6-7-8-9-10-11-15-20-49(45,46)38-28-22-30(27(37)21-26(28)36)39-34(41)33(48-35(39)42)32-24(2)29(40(43)44)18-19-31(32)47-23-25-16-13-12-14-17-25/h12-14,16-19,21-22,33,38H,3-11,15,20,23H2,1-2H3. The molecule has 11 nitrogen and oxygen atoms in total. The first-order valence-electron chi connectivity index (χ1n) is 16.4. The number of nitro benzene ring substituents is 1. The number of nitrogens with zero attached hydrogens (tertiary/aromatic N) is 2. The molecule has 0 aliphatic carbocycles. The summed E-state index contributed by atoms with van der Waals surface area (Å²) in [7, 11) is -3.83. The van der Waals surface area contributed by atoms with Gasteiger partial charge in [-0.2, -0.15) is 0 Å². The van der Waals surface area contributed by atoms with Gasteiger partial charge in [-0.05, 0) is 37.1 Å². The largest absolute Gasteiger partial charge is 0.488 e. The molecule has 1 aliphatic heterocycles. The topological polar surface area (TPSA) is 145 Å². The van der Waals surface area contributed by atoms with Crippen LogP contribution in [0.25, 0.3) is 0 Å². The molecule has 1 atom stereocenters. The number of rotatable bonds is 19. The third kappa shape index (κ3) is 10.1. The molecule has 4 rings (SSSR count). The number of amides is 2. The van der Waals surface area contributed by atoms with Crippen LogP contribution in [0.1, 0.15) is 93.9 Å². The van der Waals surface area contributed by atoms with Crippen molar-refractivity contribution in [3.8, 4) is 5.75 Å². The average molecular weight is 735 g/mol. The van der Waals surface area contributed by atoms with Crippen molar-refractivity contribution in [1.82, 2.24) is 0 Å². The maximum atomic E-state index is 13.8. The lowest BCUT2D eigenvalue weighted by molar-refractivity contribution is -0.385. The first-order chi connectivity index (χ1) is 23.4. The van der Waals surface area contributed by atoms with E-state index >= 15 is 0 Å². The molecule has 1 saturated heterocycles. The maximum Gasteiger partial charge on any atom is 0.422 e. The van der Waals surface area contributed by atoms with Crippen LogP contribution in [0, 0.1) is 17.0 Å². The third-order valence-corrected chi connectivity index (χ3v) is 10.3. The monoisotopic (exact) mass is 733 g/mol. The number of hydrogen-bond donors (Lipinski definition) is 1. The Kier molecular flexibility index (Phi) is 13.7. The maximum absolute atomic E-state index is 13.8. The van der Waals surface area contributed by atoms with Crippen LogP contribution in [0.15, 0.2) is 54.6 Å². The minimum Gasteiger partial charge on any atom is -0.488 e. The molecule has 1 aliphatic rings. The first-order valence-corrected chi connectivity index (χ1v) is 18.8. The molecule has 1 heterocycles. The second kappa shape index (κ2) is 17.7. The molecule has 3 aromatic carbocycles. The highest BCUT2D eigenvalue weighted by molar-refractivity contribution is 7.92. The van der Waals surface area contributed by atoms with Gasteiger partial charge < -0.3 is 9.47 Å². The molecule has 1 N–H and O–H groups in total. The van der Waals surface area contributed by atoms with Crippen LogP contribution in [0.4, 0.5) is 21.9 Å². The van der Waals surface area contributed by atoms with Crippen molar-refractivity contribution in [2.45, 2.75) is 90.8 Å². The van der Waals surface area contributed by atoms with Gasteiger partial charge in [0.15, 0.2) is 0 Å². The van der Waals surface area contributed by atoms with Gasteiger partial charge in [-0.15, -0.1) is 0 Å². The highest BCUT2D eigenvalue weighted by Crippen LogP contribution is 2.44. The van der Waals surface area contributed by atoms with Crippen molar-refractivity contribution >= 4 is 62.3 Å². The van der Waals surface area contributed by atoms with E-state index in [0.29, 0.717) is 11.3 Å². The van der Waals surface area contributed by atoms with Gasteiger partial charge >= 0.3 is 6.09 Å². The van der Waals surface area contributed by atoms with E-state index in [1.165, 1.54) is 63.3 Å². The number of benzene rings is 3. The number of unbranched alkanes of at least 4 members (excludes halogenated alkanes) is 9. The Bertz CT molecular complexity index is 1760. The van der Waals surface area contributed by atoms with Crippen molar-refractivity contribution in [1.29, 1.82) is 0 Å². The Hall–Kier alpha value is -3.87. The van der Waals surface area contributed by atoms with E-state index in [4.69, 9.17) is 32.7 Å². The minimum atomic E-state index is -3.83. The van der Waals surface area contributed by atoms with E-state index < -0.39 is 33.1 Å². The number of carbonyl (C=O) groups excluding carboxylic acids is 2. The zero-order chi connectivity index (χ0) is 35.6. The summed E-state index contributed by atoms with van der Waals surface area (Å²) < 4.78 is 39.8. The van der Waals surface area contributed by atoms with Crippen molar-refractivity contribution in [3.05, 3.63) is 91.4 Å². The fraction of sp³-hybridized carbons (Fsp3) is 0.429. The number of anilines is 2. The van der Waals surface area contributed by atoms with E-state index in [0.717, 1.165) is 31.2 Å². The first kappa shape index (κ1) is 37.9. The third-order valence-electron chi connectivity index (χ3n) is 8.30. The Morgan fingerprint density at radius 2 is 1.55 bits per heavy atom. The van der Waals surface area contributed by atoms with Gasteiger partial charge in [-0.3, -0.25) is 19.6 Å². The van der Waals surface area contributed by atoms with E-state index in [2.05, 4.69) is 11.6 Å². The predicted molar refractivity (Wildman–Crippen MR) is 191 cm³/mol. The number of sulfonamides is 1. The van der Waals surface area contributed by atoms with E-state index in [1.54, 1.807) is 0 Å². The number of halogens is 2. The Morgan fingerprint density at radius 3 is 2.18 bits per heavy atom. The molecule has 0 radical (unpaired) electrons. The van der Waals surface area contributed by atoms with Crippen LogP contribution in [-0.4, -0.2) is 31.1 Å². The van der Waals surface area contributed by atoms with E-state index in [1.807, 2.05) is 30.3 Å². The second-order valence-electron chi connectivity index (χ2n) is 12.0. The van der Waals surface area contributed by atoms with Crippen LogP contribution in [-0.2, 0) is 26.2 Å². The van der Waals surface area contributed by atoms with Crippen LogP contribution in [0.3, 0.4) is 0 Å². The molecule has 14 heteroatoms. The molecular formula is C35H41Cl2N3O8S. The molecule has 0 bridgehead atoms. The molecule has 0 spiro atoms. The highest BCUT2D eigenvalue weighted by Gasteiger charge is 2.46. The summed E-state index contributed by atoms with van der Waals surface area (Å²) in [6.45, 7) is 3.70. The second-order valence-corrected chi connectivity index (χ2v) is 14.6. The number of ether oxygens (including phenoxy) is 2. The van der Waals surface area contributed by atoms with E-state index in [9.17, 15) is 28.1 Å². The van der Waals surface area contributed by atoms with Crippen molar-refractivity contribution < 1.29 is 32.4 Å². The SMILES string of the molecule is CCCCCCCCCCCCS(=O)(=O)Nc1cc(N2C(=O)OC(c3c(OCc4ccccc4)ccc([N+](=O)[O-])c3C)C2=O)c(Cl)cc1Cl. The van der Waals surface area contributed by atoms with Gasteiger partial charge in [-0.1, -0.05) is 118 Å². The molecular weight excluding hydrogens is 693 g/mol. The number of carbonyl (C=O) groups is 2. The Labute approximate surface area is 297 Å². The Morgan fingerprint density at radius 1 is 0.918 bits per heavy atom. The lowest BCUT2D eigenvalue weighted by Gasteiger charge is -2.18. The number of imide groups is 1. The highest BCUT2D eigenvalue weighted by atomic mass is 35.5. The summed E-state index contributed by atoms with van der Waals surface area (Å²) in [4.78, 5) is 38.9. The lowest BCUT2D eigenvalue weighted by atomic mass is 9.99. The van der Waals surface area contributed by atoms with Crippen LogP contribution >= 0.6 is 23.2 Å². The molecule has 3 aromatic rings. The van der Waals surface area contributed by atoms with Gasteiger partial charge in [0.1, 0.15) is 12.4 Å². The number of nitrogens with one attached hydrogen (secondary N) is 1. The summed E-state index contributed by atoms with van der Waals surface area (Å²) in [6, 6.07) is 14.1. The molecule has 49 heavy (non-hydrogen) atoms. The van der Waals surface area contributed by atoms with Crippen molar-refractivity contribution in [3.63, 3.8) is 0 Å². The fourth-order valence-corrected chi connectivity index (χ4v) is 7.43.